The molecule has 0 radical (unpaired) electrons. The third-order valence-electron chi connectivity index (χ3n) is 3.09. The smallest absolute Gasteiger partial charge is 0.270 e. The van der Waals surface area contributed by atoms with Crippen LogP contribution in [0.3, 0.4) is 0 Å². The Labute approximate surface area is 121 Å². The molecule has 0 saturated carbocycles. The standard InChI is InChI=1S/C15H12FN3O2/c1-18(10-11-4-2-3-5-14(11)16)15-7-6-13(19(20)21)8-12(15)9-17/h2-8H,10H2,1H3. The molecule has 0 amide bonds. The summed E-state index contributed by atoms with van der Waals surface area (Å²) in [7, 11) is 1.70. The highest BCUT2D eigenvalue weighted by atomic mass is 19.1. The summed E-state index contributed by atoms with van der Waals surface area (Å²) in [6, 6.07) is 12.3. The average molecular weight is 285 g/mol. The molecule has 0 aliphatic carbocycles. The molecule has 106 valence electrons. The van der Waals surface area contributed by atoms with Crippen molar-refractivity contribution < 1.29 is 9.31 Å². The fraction of sp³-hybridized carbons (Fsp3) is 0.133. The van der Waals surface area contributed by atoms with E-state index < -0.39 is 4.92 Å². The molecule has 0 heterocycles. The van der Waals surface area contributed by atoms with Crippen LogP contribution < -0.4 is 4.90 Å². The van der Waals surface area contributed by atoms with Gasteiger partial charge in [-0.2, -0.15) is 5.26 Å². The first kappa shape index (κ1) is 14.5. The number of anilines is 1. The Hall–Kier alpha value is -2.94. The van der Waals surface area contributed by atoms with Crippen molar-refractivity contribution in [3.63, 3.8) is 0 Å². The molecule has 2 aromatic carbocycles. The van der Waals surface area contributed by atoms with Crippen LogP contribution in [0.5, 0.6) is 0 Å². The van der Waals surface area contributed by atoms with Crippen LogP contribution in [0.15, 0.2) is 42.5 Å². The van der Waals surface area contributed by atoms with Gasteiger partial charge in [-0.3, -0.25) is 10.1 Å². The Morgan fingerprint density at radius 3 is 2.67 bits per heavy atom. The van der Waals surface area contributed by atoms with Crippen LogP contribution in [0.1, 0.15) is 11.1 Å². The lowest BCUT2D eigenvalue weighted by Crippen LogP contribution is -2.18. The van der Waals surface area contributed by atoms with Gasteiger partial charge in [-0.25, -0.2) is 4.39 Å². The van der Waals surface area contributed by atoms with E-state index in [-0.39, 0.29) is 23.6 Å². The number of benzene rings is 2. The number of nitro groups is 1. The molecular weight excluding hydrogens is 273 g/mol. The van der Waals surface area contributed by atoms with Crippen molar-refractivity contribution in [2.75, 3.05) is 11.9 Å². The first-order valence-electron chi connectivity index (χ1n) is 6.16. The molecule has 0 fully saturated rings. The molecule has 0 saturated heterocycles. The van der Waals surface area contributed by atoms with E-state index >= 15 is 0 Å². The molecule has 0 aromatic heterocycles. The molecule has 2 aromatic rings. The Balaban J connectivity index is 2.31. The predicted octanol–water partition coefficient (Wildman–Crippen LogP) is 3.24. The first-order chi connectivity index (χ1) is 10.0. The predicted molar refractivity (Wildman–Crippen MR) is 76.3 cm³/mol. The third kappa shape index (κ3) is 3.15. The largest absolute Gasteiger partial charge is 0.369 e. The lowest BCUT2D eigenvalue weighted by atomic mass is 10.1. The summed E-state index contributed by atoms with van der Waals surface area (Å²) in [4.78, 5) is 11.8. The minimum Gasteiger partial charge on any atom is -0.369 e. The van der Waals surface area contributed by atoms with E-state index in [1.54, 1.807) is 30.1 Å². The fourth-order valence-electron chi connectivity index (χ4n) is 2.03. The van der Waals surface area contributed by atoms with E-state index in [4.69, 9.17) is 5.26 Å². The Morgan fingerprint density at radius 2 is 2.05 bits per heavy atom. The molecule has 21 heavy (non-hydrogen) atoms. The number of halogens is 1. The first-order valence-corrected chi connectivity index (χ1v) is 6.16. The van der Waals surface area contributed by atoms with Crippen molar-refractivity contribution in [3.05, 3.63) is 69.5 Å². The second-order valence-corrected chi connectivity index (χ2v) is 4.52. The minimum atomic E-state index is -0.554. The summed E-state index contributed by atoms with van der Waals surface area (Å²) >= 11 is 0. The Bertz CT molecular complexity index is 725. The minimum absolute atomic E-state index is 0.144. The lowest BCUT2D eigenvalue weighted by Gasteiger charge is -2.20. The third-order valence-corrected chi connectivity index (χ3v) is 3.09. The summed E-state index contributed by atoms with van der Waals surface area (Å²) in [6.07, 6.45) is 0. The van der Waals surface area contributed by atoms with Crippen LogP contribution >= 0.6 is 0 Å². The van der Waals surface area contributed by atoms with Gasteiger partial charge in [0.2, 0.25) is 0 Å². The van der Waals surface area contributed by atoms with Gasteiger partial charge in [0.15, 0.2) is 0 Å². The quantitative estimate of drug-likeness (QED) is 0.638. The maximum absolute atomic E-state index is 13.6. The SMILES string of the molecule is CN(Cc1ccccc1F)c1ccc([N+](=O)[O-])cc1C#N. The number of non-ortho nitro benzene ring substituents is 1. The van der Waals surface area contributed by atoms with Crippen LogP contribution in [0.2, 0.25) is 0 Å². The number of rotatable bonds is 4. The molecule has 2 rings (SSSR count). The van der Waals surface area contributed by atoms with Crippen LogP contribution in [-0.4, -0.2) is 12.0 Å². The zero-order valence-electron chi connectivity index (χ0n) is 11.3. The van der Waals surface area contributed by atoms with Crippen molar-refractivity contribution in [3.8, 4) is 6.07 Å². The fourth-order valence-corrected chi connectivity index (χ4v) is 2.03. The lowest BCUT2D eigenvalue weighted by molar-refractivity contribution is -0.384. The molecule has 0 bridgehead atoms. The molecule has 5 nitrogen and oxygen atoms in total. The molecule has 0 aliphatic rings. The average Bonchev–Trinajstić information content (AvgIpc) is 2.48. The van der Waals surface area contributed by atoms with Crippen LogP contribution in [0, 0.1) is 27.3 Å². The van der Waals surface area contributed by atoms with Crippen molar-refractivity contribution >= 4 is 11.4 Å². The van der Waals surface area contributed by atoms with E-state index in [1.807, 2.05) is 6.07 Å². The van der Waals surface area contributed by atoms with Crippen LogP contribution in [0.25, 0.3) is 0 Å². The Kier molecular flexibility index (Phi) is 4.14. The normalized spacial score (nSPS) is 9.95. The molecule has 0 unspecified atom stereocenters. The van der Waals surface area contributed by atoms with E-state index in [0.29, 0.717) is 11.3 Å². The topological polar surface area (TPSA) is 70.2 Å². The van der Waals surface area contributed by atoms with Gasteiger partial charge < -0.3 is 4.90 Å². The maximum Gasteiger partial charge on any atom is 0.270 e. The number of hydrogen-bond acceptors (Lipinski definition) is 4. The van der Waals surface area contributed by atoms with Gasteiger partial charge in [0, 0.05) is 31.3 Å². The molecule has 6 heteroatoms. The van der Waals surface area contributed by atoms with E-state index in [9.17, 15) is 14.5 Å². The number of hydrogen-bond donors (Lipinski definition) is 0. The van der Waals surface area contributed by atoms with Gasteiger partial charge >= 0.3 is 0 Å². The van der Waals surface area contributed by atoms with Gasteiger partial charge in [-0.15, -0.1) is 0 Å². The van der Waals surface area contributed by atoms with Gasteiger partial charge in [0.1, 0.15) is 11.9 Å². The Morgan fingerprint density at radius 1 is 1.33 bits per heavy atom. The van der Waals surface area contributed by atoms with Crippen molar-refractivity contribution in [1.29, 1.82) is 5.26 Å². The van der Waals surface area contributed by atoms with E-state index in [1.165, 1.54) is 24.3 Å². The van der Waals surface area contributed by atoms with E-state index in [0.717, 1.165) is 0 Å². The van der Waals surface area contributed by atoms with Crippen molar-refractivity contribution in [2.24, 2.45) is 0 Å². The number of nitrogens with zero attached hydrogens (tertiary/aromatic N) is 3. The molecule has 0 aliphatic heterocycles. The van der Waals surface area contributed by atoms with Crippen molar-refractivity contribution in [2.45, 2.75) is 6.54 Å². The highest BCUT2D eigenvalue weighted by Crippen LogP contribution is 2.25. The summed E-state index contributed by atoms with van der Waals surface area (Å²) in [6.45, 7) is 0.263. The second-order valence-electron chi connectivity index (χ2n) is 4.52. The summed E-state index contributed by atoms with van der Waals surface area (Å²) in [5, 5.41) is 19.8. The molecular formula is C15H12FN3O2. The van der Waals surface area contributed by atoms with Gasteiger partial charge in [0.25, 0.3) is 5.69 Å². The summed E-state index contributed by atoms with van der Waals surface area (Å²) in [5.74, 6) is -0.329. The van der Waals surface area contributed by atoms with Crippen LogP contribution in [0.4, 0.5) is 15.8 Å². The summed E-state index contributed by atoms with van der Waals surface area (Å²) < 4.78 is 13.6. The van der Waals surface area contributed by atoms with Crippen LogP contribution in [-0.2, 0) is 6.54 Å². The van der Waals surface area contributed by atoms with Gasteiger partial charge in [0.05, 0.1) is 16.2 Å². The molecule has 0 N–H and O–H groups in total. The zero-order valence-corrected chi connectivity index (χ0v) is 11.3. The van der Waals surface area contributed by atoms with Crippen molar-refractivity contribution in [1.82, 2.24) is 0 Å². The molecule has 0 atom stereocenters. The maximum atomic E-state index is 13.6. The second kappa shape index (κ2) is 6.01. The zero-order chi connectivity index (χ0) is 15.4. The monoisotopic (exact) mass is 285 g/mol. The summed E-state index contributed by atoms with van der Waals surface area (Å²) in [5.41, 5.74) is 1.05. The number of nitriles is 1. The van der Waals surface area contributed by atoms with Gasteiger partial charge in [-0.05, 0) is 12.1 Å². The number of nitro benzene ring substituents is 1. The van der Waals surface area contributed by atoms with Gasteiger partial charge in [-0.1, -0.05) is 18.2 Å². The van der Waals surface area contributed by atoms with E-state index in [2.05, 4.69) is 0 Å². The highest BCUT2D eigenvalue weighted by molar-refractivity contribution is 5.62. The molecule has 0 spiro atoms. The highest BCUT2D eigenvalue weighted by Gasteiger charge is 2.14.